The minimum Gasteiger partial charge on any atom is -0.338 e. The van der Waals surface area contributed by atoms with Gasteiger partial charge >= 0.3 is 0 Å². The van der Waals surface area contributed by atoms with Crippen molar-refractivity contribution in [2.45, 2.75) is 32.9 Å². The van der Waals surface area contributed by atoms with Crippen molar-refractivity contribution in [1.82, 2.24) is 4.90 Å². The predicted octanol–water partition coefficient (Wildman–Crippen LogP) is 2.28. The van der Waals surface area contributed by atoms with Crippen molar-refractivity contribution in [1.29, 1.82) is 0 Å². The molecule has 2 atom stereocenters. The Morgan fingerprint density at radius 1 is 1.24 bits per heavy atom. The van der Waals surface area contributed by atoms with Gasteiger partial charge in [-0.3, -0.25) is 4.79 Å². The van der Waals surface area contributed by atoms with Crippen molar-refractivity contribution in [3.63, 3.8) is 0 Å². The monoisotopic (exact) mass is 256 g/mol. The average Bonchev–Trinajstić information content (AvgIpc) is 2.27. The fourth-order valence-corrected chi connectivity index (χ4v) is 1.58. The number of carbonyl (C=O) groups excluding carboxylic acids is 1. The summed E-state index contributed by atoms with van der Waals surface area (Å²) in [5, 5.41) is 0. The summed E-state index contributed by atoms with van der Waals surface area (Å²) in [5.74, 6) is -0.0342. The Labute approximate surface area is 109 Å². The van der Waals surface area contributed by atoms with Crippen molar-refractivity contribution in [2.75, 3.05) is 7.05 Å². The van der Waals surface area contributed by atoms with E-state index in [1.807, 2.05) is 26.0 Å². The van der Waals surface area contributed by atoms with Gasteiger partial charge in [0.05, 0.1) is 12.1 Å². The summed E-state index contributed by atoms with van der Waals surface area (Å²) >= 11 is 0. The molecule has 0 aliphatic carbocycles. The quantitative estimate of drug-likeness (QED) is 0.902. The third-order valence-electron chi connectivity index (χ3n) is 2.88. The third kappa shape index (κ3) is 4.02. The summed E-state index contributed by atoms with van der Waals surface area (Å²) in [6, 6.07) is 7.80. The van der Waals surface area contributed by atoms with Gasteiger partial charge in [0, 0.05) is 7.05 Å². The average molecular weight is 257 g/mol. The molecule has 96 valence electrons. The summed E-state index contributed by atoms with van der Waals surface area (Å²) < 4.78 is 0. The number of hydrogen-bond acceptors (Lipinski definition) is 2. The minimum atomic E-state index is -0.446. The second kappa shape index (κ2) is 6.62. The molecule has 0 aliphatic heterocycles. The molecule has 4 heteroatoms. The van der Waals surface area contributed by atoms with E-state index in [0.29, 0.717) is 0 Å². The fourth-order valence-electron chi connectivity index (χ4n) is 1.58. The molecule has 0 aliphatic rings. The molecule has 0 radical (unpaired) electrons. The second-order valence-electron chi connectivity index (χ2n) is 4.32. The molecule has 0 aromatic heterocycles. The lowest BCUT2D eigenvalue weighted by molar-refractivity contribution is -0.132. The largest absolute Gasteiger partial charge is 0.338 e. The summed E-state index contributed by atoms with van der Waals surface area (Å²) in [7, 11) is 1.79. The van der Waals surface area contributed by atoms with Gasteiger partial charge in [-0.15, -0.1) is 12.4 Å². The second-order valence-corrected chi connectivity index (χ2v) is 4.32. The van der Waals surface area contributed by atoms with Crippen LogP contribution >= 0.6 is 12.4 Å². The lowest BCUT2D eigenvalue weighted by Gasteiger charge is -2.27. The van der Waals surface area contributed by atoms with Crippen molar-refractivity contribution in [3.8, 4) is 0 Å². The standard InChI is InChI=1S/C13H20N2O.ClH/c1-9-5-7-12(8-6-9)11(3)15(4)13(16)10(2)14;/h5-8,10-11H,14H2,1-4H3;1H/t10-,11?;/m0./s1. The highest BCUT2D eigenvalue weighted by molar-refractivity contribution is 5.85. The van der Waals surface area contributed by atoms with Crippen molar-refractivity contribution in [3.05, 3.63) is 35.4 Å². The summed E-state index contributed by atoms with van der Waals surface area (Å²) in [6.07, 6.45) is 0. The molecule has 0 saturated carbocycles. The number of nitrogens with zero attached hydrogens (tertiary/aromatic N) is 1. The topological polar surface area (TPSA) is 46.3 Å². The van der Waals surface area contributed by atoms with E-state index in [1.54, 1.807) is 18.9 Å². The van der Waals surface area contributed by atoms with Crippen LogP contribution < -0.4 is 5.73 Å². The van der Waals surface area contributed by atoms with E-state index in [0.717, 1.165) is 5.56 Å². The predicted molar refractivity (Wildman–Crippen MR) is 73.3 cm³/mol. The van der Waals surface area contributed by atoms with E-state index in [-0.39, 0.29) is 24.4 Å². The van der Waals surface area contributed by atoms with Crippen LogP contribution in [0.1, 0.15) is 31.0 Å². The number of rotatable bonds is 3. The number of halogens is 1. The molecule has 2 N–H and O–H groups in total. The van der Waals surface area contributed by atoms with Crippen LogP contribution in [0.25, 0.3) is 0 Å². The SMILES string of the molecule is Cc1ccc(C(C)N(C)C(=O)[C@H](C)N)cc1.Cl. The molecular weight excluding hydrogens is 236 g/mol. The lowest BCUT2D eigenvalue weighted by atomic mass is 10.1. The van der Waals surface area contributed by atoms with Crippen LogP contribution in [-0.4, -0.2) is 23.9 Å². The number of carbonyl (C=O) groups is 1. The van der Waals surface area contributed by atoms with Crippen LogP contribution in [0.3, 0.4) is 0 Å². The number of benzene rings is 1. The molecular formula is C13H21ClN2O. The molecule has 3 nitrogen and oxygen atoms in total. The van der Waals surface area contributed by atoms with Gasteiger partial charge in [0.2, 0.25) is 5.91 Å². The van der Waals surface area contributed by atoms with Gasteiger partial charge in [0.1, 0.15) is 0 Å². The highest BCUT2D eigenvalue weighted by Gasteiger charge is 2.19. The molecule has 1 unspecified atom stereocenters. The van der Waals surface area contributed by atoms with Crippen LogP contribution in [0.5, 0.6) is 0 Å². The van der Waals surface area contributed by atoms with E-state index in [2.05, 4.69) is 12.1 Å². The zero-order chi connectivity index (χ0) is 12.3. The Morgan fingerprint density at radius 3 is 2.12 bits per heavy atom. The Bertz CT molecular complexity index is 362. The summed E-state index contributed by atoms with van der Waals surface area (Å²) in [4.78, 5) is 13.4. The van der Waals surface area contributed by atoms with E-state index in [1.165, 1.54) is 5.56 Å². The van der Waals surface area contributed by atoms with Gasteiger partial charge in [-0.2, -0.15) is 0 Å². The zero-order valence-corrected chi connectivity index (χ0v) is 11.6. The van der Waals surface area contributed by atoms with E-state index in [4.69, 9.17) is 5.73 Å². The van der Waals surface area contributed by atoms with Crippen LogP contribution in [0, 0.1) is 6.92 Å². The molecule has 1 aromatic rings. The maximum absolute atomic E-state index is 11.7. The Balaban J connectivity index is 0.00000256. The molecule has 0 fully saturated rings. The van der Waals surface area contributed by atoms with Gasteiger partial charge in [-0.25, -0.2) is 0 Å². The van der Waals surface area contributed by atoms with Gasteiger partial charge in [-0.1, -0.05) is 29.8 Å². The minimum absolute atomic E-state index is 0. The third-order valence-corrected chi connectivity index (χ3v) is 2.88. The maximum atomic E-state index is 11.7. The molecule has 0 spiro atoms. The van der Waals surface area contributed by atoms with Gasteiger partial charge < -0.3 is 10.6 Å². The first-order valence-electron chi connectivity index (χ1n) is 5.52. The van der Waals surface area contributed by atoms with Crippen LogP contribution in [-0.2, 0) is 4.79 Å². The highest BCUT2D eigenvalue weighted by atomic mass is 35.5. The van der Waals surface area contributed by atoms with Crippen LogP contribution in [0.15, 0.2) is 24.3 Å². The normalized spacial score (nSPS) is 13.5. The molecule has 0 heterocycles. The number of amides is 1. The van der Waals surface area contributed by atoms with E-state index in [9.17, 15) is 4.79 Å². The summed E-state index contributed by atoms with van der Waals surface area (Å²) in [6.45, 7) is 5.76. The van der Waals surface area contributed by atoms with Crippen molar-refractivity contribution >= 4 is 18.3 Å². The van der Waals surface area contributed by atoms with Gasteiger partial charge in [0.25, 0.3) is 0 Å². The first-order valence-corrected chi connectivity index (χ1v) is 5.52. The van der Waals surface area contributed by atoms with Crippen molar-refractivity contribution < 1.29 is 4.79 Å². The Morgan fingerprint density at radius 2 is 1.71 bits per heavy atom. The maximum Gasteiger partial charge on any atom is 0.239 e. The van der Waals surface area contributed by atoms with E-state index >= 15 is 0 Å². The molecule has 1 amide bonds. The van der Waals surface area contributed by atoms with Crippen molar-refractivity contribution in [2.24, 2.45) is 5.73 Å². The lowest BCUT2D eigenvalue weighted by Crippen LogP contribution is -2.40. The molecule has 0 saturated heterocycles. The van der Waals surface area contributed by atoms with Crippen LogP contribution in [0.2, 0.25) is 0 Å². The number of hydrogen-bond donors (Lipinski definition) is 1. The highest BCUT2D eigenvalue weighted by Crippen LogP contribution is 2.19. The molecule has 0 bridgehead atoms. The number of likely N-dealkylation sites (N-methyl/N-ethyl adjacent to an activating group) is 1. The number of nitrogens with two attached hydrogens (primary N) is 1. The molecule has 1 rings (SSSR count). The first kappa shape index (κ1) is 15.9. The van der Waals surface area contributed by atoms with E-state index < -0.39 is 6.04 Å². The van der Waals surface area contributed by atoms with Gasteiger partial charge in [-0.05, 0) is 26.3 Å². The van der Waals surface area contributed by atoms with Gasteiger partial charge in [0.15, 0.2) is 0 Å². The first-order chi connectivity index (χ1) is 7.43. The van der Waals surface area contributed by atoms with Crippen LogP contribution in [0.4, 0.5) is 0 Å². The molecule has 1 aromatic carbocycles. The Kier molecular flexibility index (Phi) is 6.21. The summed E-state index contributed by atoms with van der Waals surface area (Å²) in [5.41, 5.74) is 7.93. The zero-order valence-electron chi connectivity index (χ0n) is 10.8. The Hall–Kier alpha value is -1.06. The fraction of sp³-hybridized carbons (Fsp3) is 0.462. The number of aryl methyl sites for hydroxylation is 1. The smallest absolute Gasteiger partial charge is 0.239 e. The molecule has 17 heavy (non-hydrogen) atoms.